The number of aryl methyl sites for hydroxylation is 1. The number of pyridine rings is 1. The maximum atomic E-state index is 10.4. The Hall–Kier alpha value is -3.11. The van der Waals surface area contributed by atoms with Gasteiger partial charge in [0, 0.05) is 24.6 Å². The Morgan fingerprint density at radius 2 is 2.23 bits per heavy atom. The third-order valence-corrected chi connectivity index (χ3v) is 6.51. The van der Waals surface area contributed by atoms with Crippen molar-refractivity contribution in [2.24, 2.45) is 11.3 Å². The minimum atomic E-state index is -0.186. The molecule has 4 rings (SSSR count). The summed E-state index contributed by atoms with van der Waals surface area (Å²) < 4.78 is 7.29. The number of aliphatic hydroxyl groups is 1. The fourth-order valence-corrected chi connectivity index (χ4v) is 4.79. The van der Waals surface area contributed by atoms with Gasteiger partial charge in [0.25, 0.3) is 0 Å². The van der Waals surface area contributed by atoms with Crippen LogP contribution in [-0.4, -0.2) is 39.9 Å². The lowest BCUT2D eigenvalue weighted by Gasteiger charge is -2.40. The van der Waals surface area contributed by atoms with E-state index in [1.807, 2.05) is 37.6 Å². The van der Waals surface area contributed by atoms with E-state index in [0.717, 1.165) is 54.5 Å². The van der Waals surface area contributed by atoms with Crippen LogP contribution in [0.3, 0.4) is 0 Å². The van der Waals surface area contributed by atoms with Crippen molar-refractivity contribution < 1.29 is 9.84 Å². The topological polar surface area (TPSA) is 96.0 Å². The van der Waals surface area contributed by atoms with Gasteiger partial charge in [-0.15, -0.1) is 0 Å². The van der Waals surface area contributed by atoms with Crippen LogP contribution in [0.2, 0.25) is 0 Å². The van der Waals surface area contributed by atoms with Gasteiger partial charge in [0.2, 0.25) is 5.88 Å². The van der Waals surface area contributed by atoms with Crippen LogP contribution in [0.4, 0.5) is 5.69 Å². The van der Waals surface area contributed by atoms with Gasteiger partial charge < -0.3 is 19.7 Å². The van der Waals surface area contributed by atoms with Crippen LogP contribution in [0.5, 0.6) is 5.88 Å². The van der Waals surface area contributed by atoms with Gasteiger partial charge in [-0.1, -0.05) is 6.42 Å². The number of imidazole rings is 1. The molecule has 2 unspecified atom stereocenters. The Bertz CT molecular complexity index is 1100. The summed E-state index contributed by atoms with van der Waals surface area (Å²) in [6, 6.07) is 9.69. The van der Waals surface area contributed by atoms with E-state index in [-0.39, 0.29) is 12.0 Å². The molecule has 0 saturated heterocycles. The maximum absolute atomic E-state index is 10.4. The molecular weight excluding hydrogens is 390 g/mol. The Morgan fingerprint density at radius 1 is 1.35 bits per heavy atom. The second-order valence-corrected chi connectivity index (χ2v) is 8.73. The summed E-state index contributed by atoms with van der Waals surface area (Å²) in [6.07, 6.45) is 7.80. The standard InChI is InChI=1S/C24H29N5O2/c1-17-8-23(31-2)27-13-21(17)26-12-19-4-3-7-24(10-19,15-30)14-29-16-28-20-6-5-18(11-25)9-22(20)29/h5-6,8-9,13,16,19,26,30H,3-4,7,10,12,14-15H2,1-2H3. The van der Waals surface area contributed by atoms with Crippen LogP contribution in [0.25, 0.3) is 11.0 Å². The van der Waals surface area contributed by atoms with E-state index in [4.69, 9.17) is 4.74 Å². The number of hydrogen-bond acceptors (Lipinski definition) is 6. The predicted molar refractivity (Wildman–Crippen MR) is 120 cm³/mol. The predicted octanol–water partition coefficient (Wildman–Crippen LogP) is 3.90. The smallest absolute Gasteiger partial charge is 0.213 e. The Morgan fingerprint density at radius 3 is 2.97 bits per heavy atom. The number of aromatic nitrogens is 3. The van der Waals surface area contributed by atoms with E-state index in [9.17, 15) is 10.4 Å². The molecule has 2 atom stereocenters. The number of nitriles is 1. The number of nitrogens with one attached hydrogen (secondary N) is 1. The van der Waals surface area contributed by atoms with Gasteiger partial charge in [0.1, 0.15) is 0 Å². The molecule has 162 valence electrons. The molecule has 1 aliphatic carbocycles. The minimum absolute atomic E-state index is 0.143. The first-order valence-electron chi connectivity index (χ1n) is 10.8. The van der Waals surface area contributed by atoms with Crippen molar-refractivity contribution in [2.75, 3.05) is 25.6 Å². The highest BCUT2D eigenvalue weighted by atomic mass is 16.5. The Labute approximate surface area is 182 Å². The largest absolute Gasteiger partial charge is 0.481 e. The van der Waals surface area contributed by atoms with Gasteiger partial charge in [0.05, 0.1) is 54.6 Å². The zero-order valence-electron chi connectivity index (χ0n) is 18.1. The molecule has 0 aliphatic heterocycles. The lowest BCUT2D eigenvalue weighted by atomic mass is 9.69. The Kier molecular flexibility index (Phi) is 6.10. The SMILES string of the molecule is COc1cc(C)c(NCC2CCCC(CO)(Cn3cnc4ccc(C#N)cc43)C2)cn1. The molecule has 2 heterocycles. The number of nitrogens with zero attached hydrogens (tertiary/aromatic N) is 4. The van der Waals surface area contributed by atoms with Gasteiger partial charge in [-0.3, -0.25) is 0 Å². The average molecular weight is 420 g/mol. The van der Waals surface area contributed by atoms with Crippen LogP contribution in [0, 0.1) is 29.6 Å². The monoisotopic (exact) mass is 419 g/mol. The first kappa shape index (κ1) is 21.1. The molecule has 0 spiro atoms. The summed E-state index contributed by atoms with van der Waals surface area (Å²) in [5, 5.41) is 23.2. The highest BCUT2D eigenvalue weighted by Gasteiger charge is 2.36. The number of aliphatic hydroxyl groups excluding tert-OH is 1. The fourth-order valence-electron chi connectivity index (χ4n) is 4.79. The van der Waals surface area contributed by atoms with Crippen LogP contribution < -0.4 is 10.1 Å². The first-order valence-corrected chi connectivity index (χ1v) is 10.8. The third-order valence-electron chi connectivity index (χ3n) is 6.51. The number of fused-ring (bicyclic) bond motifs is 1. The van der Waals surface area contributed by atoms with Crippen molar-refractivity contribution in [1.82, 2.24) is 14.5 Å². The van der Waals surface area contributed by atoms with Crippen molar-refractivity contribution in [2.45, 2.75) is 39.2 Å². The summed E-state index contributed by atoms with van der Waals surface area (Å²) in [5.41, 5.74) is 4.39. The van der Waals surface area contributed by atoms with Gasteiger partial charge >= 0.3 is 0 Å². The van der Waals surface area contributed by atoms with Crippen LogP contribution in [0.15, 0.2) is 36.8 Å². The molecule has 31 heavy (non-hydrogen) atoms. The zero-order valence-corrected chi connectivity index (χ0v) is 18.1. The molecule has 1 saturated carbocycles. The van der Waals surface area contributed by atoms with Crippen LogP contribution >= 0.6 is 0 Å². The van der Waals surface area contributed by atoms with Crippen molar-refractivity contribution >= 4 is 16.7 Å². The van der Waals surface area contributed by atoms with Gasteiger partial charge in [-0.25, -0.2) is 9.97 Å². The molecule has 0 bridgehead atoms. The normalized spacial score (nSPS) is 21.0. The summed E-state index contributed by atoms with van der Waals surface area (Å²) in [5.74, 6) is 1.08. The van der Waals surface area contributed by atoms with Gasteiger partial charge in [0.15, 0.2) is 0 Å². The number of ether oxygens (including phenoxy) is 1. The molecule has 2 aromatic heterocycles. The highest BCUT2D eigenvalue weighted by molar-refractivity contribution is 5.77. The average Bonchev–Trinajstić information content (AvgIpc) is 3.19. The van der Waals surface area contributed by atoms with Crippen molar-refractivity contribution in [3.63, 3.8) is 0 Å². The molecule has 7 nitrogen and oxygen atoms in total. The lowest BCUT2D eigenvalue weighted by molar-refractivity contribution is 0.0442. The van der Waals surface area contributed by atoms with E-state index in [0.29, 0.717) is 23.9 Å². The molecule has 2 N–H and O–H groups in total. The quantitative estimate of drug-likeness (QED) is 0.603. The minimum Gasteiger partial charge on any atom is -0.481 e. The molecule has 0 amide bonds. The number of methoxy groups -OCH3 is 1. The van der Waals surface area contributed by atoms with Crippen molar-refractivity contribution in [3.05, 3.63) is 47.9 Å². The third kappa shape index (κ3) is 4.49. The maximum Gasteiger partial charge on any atom is 0.213 e. The van der Waals surface area contributed by atoms with E-state index in [1.165, 1.54) is 0 Å². The number of hydrogen-bond donors (Lipinski definition) is 2. The summed E-state index contributed by atoms with van der Waals surface area (Å²) in [7, 11) is 1.62. The molecular formula is C24H29N5O2. The second-order valence-electron chi connectivity index (χ2n) is 8.73. The lowest BCUT2D eigenvalue weighted by Crippen LogP contribution is -2.38. The summed E-state index contributed by atoms with van der Waals surface area (Å²) in [6.45, 7) is 3.74. The van der Waals surface area contributed by atoms with Gasteiger partial charge in [-0.05, 0) is 55.9 Å². The van der Waals surface area contributed by atoms with E-state index >= 15 is 0 Å². The molecule has 1 fully saturated rings. The summed E-state index contributed by atoms with van der Waals surface area (Å²) >= 11 is 0. The number of rotatable bonds is 7. The number of anilines is 1. The molecule has 1 aliphatic rings. The Balaban J connectivity index is 1.47. The number of benzene rings is 1. The molecule has 0 radical (unpaired) electrons. The molecule has 7 heteroatoms. The molecule has 1 aromatic carbocycles. The van der Waals surface area contributed by atoms with E-state index in [1.54, 1.807) is 13.2 Å². The first-order chi connectivity index (χ1) is 15.1. The van der Waals surface area contributed by atoms with E-state index in [2.05, 4.69) is 25.9 Å². The highest BCUT2D eigenvalue weighted by Crippen LogP contribution is 2.41. The fraction of sp³-hybridized carbons (Fsp3) is 0.458. The van der Waals surface area contributed by atoms with E-state index < -0.39 is 0 Å². The van der Waals surface area contributed by atoms with Gasteiger partial charge in [-0.2, -0.15) is 5.26 Å². The van der Waals surface area contributed by atoms with Crippen LogP contribution in [0.1, 0.15) is 36.8 Å². The van der Waals surface area contributed by atoms with Crippen molar-refractivity contribution in [1.29, 1.82) is 5.26 Å². The van der Waals surface area contributed by atoms with Crippen LogP contribution in [-0.2, 0) is 6.54 Å². The summed E-state index contributed by atoms with van der Waals surface area (Å²) in [4.78, 5) is 8.79. The van der Waals surface area contributed by atoms with Crippen molar-refractivity contribution in [3.8, 4) is 11.9 Å². The zero-order chi connectivity index (χ0) is 21.8. The second kappa shape index (κ2) is 8.94. The molecule has 3 aromatic rings.